The molecule has 2 heteroatoms. The molecule has 0 aliphatic rings. The molecule has 1 aromatic rings. The van der Waals surface area contributed by atoms with Crippen LogP contribution in [0, 0.1) is 0 Å². The van der Waals surface area contributed by atoms with Crippen molar-refractivity contribution in [3.63, 3.8) is 0 Å². The molecule has 0 bridgehead atoms. The molecule has 0 fully saturated rings. The molecule has 0 saturated heterocycles. The Bertz CT molecular complexity index is 244. The van der Waals surface area contributed by atoms with E-state index in [0.717, 1.165) is 12.8 Å². The predicted molar refractivity (Wildman–Crippen MR) is 54.4 cm³/mol. The highest BCUT2D eigenvalue weighted by Gasteiger charge is 2.15. The first kappa shape index (κ1) is 10.2. The molecule has 0 spiro atoms. The Labute approximate surface area is 79.4 Å². The van der Waals surface area contributed by atoms with Gasteiger partial charge < -0.3 is 10.8 Å². The van der Waals surface area contributed by atoms with Crippen molar-refractivity contribution < 1.29 is 5.11 Å². The first-order valence-electron chi connectivity index (χ1n) is 4.58. The summed E-state index contributed by atoms with van der Waals surface area (Å²) in [5.74, 6) is 0. The van der Waals surface area contributed by atoms with Crippen molar-refractivity contribution in [3.05, 3.63) is 35.9 Å². The van der Waals surface area contributed by atoms with Crippen LogP contribution in [-0.4, -0.2) is 17.3 Å². The first-order valence-corrected chi connectivity index (χ1v) is 4.58. The summed E-state index contributed by atoms with van der Waals surface area (Å²) < 4.78 is 0. The number of aliphatic hydroxyl groups is 1. The molecule has 0 saturated carbocycles. The molecular formula is C11H17NO. The van der Waals surface area contributed by atoms with Crippen LogP contribution in [0.4, 0.5) is 0 Å². The maximum atomic E-state index is 8.95. The topological polar surface area (TPSA) is 46.2 Å². The first-order chi connectivity index (χ1) is 6.14. The van der Waals surface area contributed by atoms with Gasteiger partial charge >= 0.3 is 0 Å². The molecule has 0 radical (unpaired) electrons. The second-order valence-electron chi connectivity index (χ2n) is 3.80. The molecule has 0 aliphatic carbocycles. The Morgan fingerprint density at radius 2 is 1.92 bits per heavy atom. The van der Waals surface area contributed by atoms with Crippen molar-refractivity contribution in [1.82, 2.24) is 0 Å². The molecule has 13 heavy (non-hydrogen) atoms. The van der Waals surface area contributed by atoms with Crippen molar-refractivity contribution in [3.8, 4) is 0 Å². The van der Waals surface area contributed by atoms with Crippen molar-refractivity contribution >= 4 is 0 Å². The minimum absolute atomic E-state index is 0.0415. The molecule has 1 aromatic carbocycles. The largest absolute Gasteiger partial charge is 0.394 e. The summed E-state index contributed by atoms with van der Waals surface area (Å²) >= 11 is 0. The predicted octanol–water partition coefficient (Wildman–Crippen LogP) is 1.33. The van der Waals surface area contributed by atoms with Gasteiger partial charge in [0, 0.05) is 5.54 Å². The highest BCUT2D eigenvalue weighted by molar-refractivity contribution is 5.15. The molecule has 2 nitrogen and oxygen atoms in total. The Morgan fingerprint density at radius 1 is 1.31 bits per heavy atom. The third-order valence-corrected chi connectivity index (χ3v) is 2.19. The molecule has 0 unspecified atom stereocenters. The Balaban J connectivity index is 2.44. The van der Waals surface area contributed by atoms with Crippen molar-refractivity contribution in [2.75, 3.05) is 6.61 Å². The Kier molecular flexibility index (Phi) is 3.46. The van der Waals surface area contributed by atoms with Crippen LogP contribution in [0.2, 0.25) is 0 Å². The van der Waals surface area contributed by atoms with Gasteiger partial charge in [-0.25, -0.2) is 0 Å². The van der Waals surface area contributed by atoms with E-state index in [1.54, 1.807) is 0 Å². The van der Waals surface area contributed by atoms with Gasteiger partial charge in [0.05, 0.1) is 6.61 Å². The number of nitrogens with two attached hydrogens (primary N) is 1. The third kappa shape index (κ3) is 3.57. The van der Waals surface area contributed by atoms with Crippen LogP contribution in [0.15, 0.2) is 30.3 Å². The summed E-state index contributed by atoms with van der Waals surface area (Å²) in [6.45, 7) is 1.91. The van der Waals surface area contributed by atoms with Gasteiger partial charge in [-0.1, -0.05) is 30.3 Å². The Morgan fingerprint density at radius 3 is 2.46 bits per heavy atom. The monoisotopic (exact) mass is 179 g/mol. The normalized spacial score (nSPS) is 15.3. The molecule has 1 rings (SSSR count). The van der Waals surface area contributed by atoms with E-state index in [0.29, 0.717) is 0 Å². The van der Waals surface area contributed by atoms with Crippen LogP contribution >= 0.6 is 0 Å². The van der Waals surface area contributed by atoms with Crippen LogP contribution < -0.4 is 5.73 Å². The summed E-state index contributed by atoms with van der Waals surface area (Å²) in [4.78, 5) is 0. The number of rotatable bonds is 4. The molecule has 0 aliphatic heterocycles. The molecule has 0 aromatic heterocycles. The second-order valence-corrected chi connectivity index (χ2v) is 3.80. The van der Waals surface area contributed by atoms with Gasteiger partial charge in [-0.3, -0.25) is 0 Å². The lowest BCUT2D eigenvalue weighted by Gasteiger charge is -2.21. The minimum Gasteiger partial charge on any atom is -0.394 e. The van der Waals surface area contributed by atoms with Crippen molar-refractivity contribution in [2.24, 2.45) is 5.73 Å². The van der Waals surface area contributed by atoms with Gasteiger partial charge in [0.1, 0.15) is 0 Å². The lowest BCUT2D eigenvalue weighted by atomic mass is 9.95. The smallest absolute Gasteiger partial charge is 0.0608 e. The average molecular weight is 179 g/mol. The summed E-state index contributed by atoms with van der Waals surface area (Å²) in [7, 11) is 0. The van der Waals surface area contributed by atoms with Crippen LogP contribution in [-0.2, 0) is 6.42 Å². The fourth-order valence-corrected chi connectivity index (χ4v) is 1.15. The number of aryl methyl sites for hydroxylation is 1. The zero-order valence-electron chi connectivity index (χ0n) is 8.03. The van der Waals surface area contributed by atoms with Gasteiger partial charge in [-0.15, -0.1) is 0 Å². The molecule has 72 valence electrons. The van der Waals surface area contributed by atoms with E-state index in [1.165, 1.54) is 5.56 Å². The molecule has 0 heterocycles. The zero-order valence-corrected chi connectivity index (χ0v) is 8.03. The third-order valence-electron chi connectivity index (χ3n) is 2.19. The van der Waals surface area contributed by atoms with Crippen molar-refractivity contribution in [1.29, 1.82) is 0 Å². The lowest BCUT2D eigenvalue weighted by molar-refractivity contribution is 0.200. The Hall–Kier alpha value is -0.860. The summed E-state index contributed by atoms with van der Waals surface area (Å²) in [6.07, 6.45) is 1.74. The van der Waals surface area contributed by atoms with E-state index >= 15 is 0 Å². The van der Waals surface area contributed by atoms with Crippen molar-refractivity contribution in [2.45, 2.75) is 25.3 Å². The van der Waals surface area contributed by atoms with E-state index in [4.69, 9.17) is 10.8 Å². The SMILES string of the molecule is C[C@](N)(CO)CCc1ccccc1. The van der Waals surface area contributed by atoms with E-state index < -0.39 is 5.54 Å². The highest BCUT2D eigenvalue weighted by atomic mass is 16.3. The maximum absolute atomic E-state index is 8.95. The van der Waals surface area contributed by atoms with Gasteiger partial charge in [0.25, 0.3) is 0 Å². The maximum Gasteiger partial charge on any atom is 0.0608 e. The van der Waals surface area contributed by atoms with Gasteiger partial charge in [-0.2, -0.15) is 0 Å². The summed E-state index contributed by atoms with van der Waals surface area (Å²) in [6, 6.07) is 10.2. The van der Waals surface area contributed by atoms with Crippen LogP contribution in [0.5, 0.6) is 0 Å². The standard InChI is InChI=1S/C11H17NO/c1-11(12,9-13)8-7-10-5-3-2-4-6-10/h2-6,13H,7-9,12H2,1H3/t11-/m1/s1. The lowest BCUT2D eigenvalue weighted by Crippen LogP contribution is -2.40. The van der Waals surface area contributed by atoms with E-state index in [-0.39, 0.29) is 6.61 Å². The van der Waals surface area contributed by atoms with Gasteiger partial charge in [-0.05, 0) is 25.3 Å². The number of benzene rings is 1. The zero-order chi connectivity index (χ0) is 9.73. The number of aliphatic hydroxyl groups excluding tert-OH is 1. The fraction of sp³-hybridized carbons (Fsp3) is 0.455. The minimum atomic E-state index is -0.449. The highest BCUT2D eigenvalue weighted by Crippen LogP contribution is 2.10. The van der Waals surface area contributed by atoms with Gasteiger partial charge in [0.15, 0.2) is 0 Å². The second kappa shape index (κ2) is 4.40. The number of hydrogen-bond donors (Lipinski definition) is 2. The van der Waals surface area contributed by atoms with Crippen LogP contribution in [0.3, 0.4) is 0 Å². The molecular weight excluding hydrogens is 162 g/mol. The molecule has 0 amide bonds. The average Bonchev–Trinajstić information content (AvgIpc) is 2.17. The quantitative estimate of drug-likeness (QED) is 0.732. The van der Waals surface area contributed by atoms with E-state index in [9.17, 15) is 0 Å². The van der Waals surface area contributed by atoms with Gasteiger partial charge in [0.2, 0.25) is 0 Å². The van der Waals surface area contributed by atoms with Crippen LogP contribution in [0.1, 0.15) is 18.9 Å². The molecule has 1 atom stereocenters. The van der Waals surface area contributed by atoms with Crippen LogP contribution in [0.25, 0.3) is 0 Å². The fourth-order valence-electron chi connectivity index (χ4n) is 1.15. The van der Waals surface area contributed by atoms with E-state index in [1.807, 2.05) is 25.1 Å². The molecule has 3 N–H and O–H groups in total. The summed E-state index contributed by atoms with van der Waals surface area (Å²) in [5.41, 5.74) is 6.64. The van der Waals surface area contributed by atoms with E-state index in [2.05, 4.69) is 12.1 Å². The summed E-state index contributed by atoms with van der Waals surface area (Å²) in [5, 5.41) is 8.95. The number of hydrogen-bond acceptors (Lipinski definition) is 2.